The summed E-state index contributed by atoms with van der Waals surface area (Å²) < 4.78 is 5.37. The first kappa shape index (κ1) is 11.4. The lowest BCUT2D eigenvalue weighted by molar-refractivity contribution is 0.102. The minimum atomic E-state index is -0.182. The number of carbonyl (C=O) groups is 1. The van der Waals surface area contributed by atoms with E-state index in [9.17, 15) is 4.79 Å². The predicted molar refractivity (Wildman–Crippen MR) is 70.9 cm³/mol. The molecule has 0 bridgehead atoms. The second-order valence-electron chi connectivity index (χ2n) is 4.10. The van der Waals surface area contributed by atoms with Crippen LogP contribution in [0.3, 0.4) is 0 Å². The average molecular weight is 253 g/mol. The number of rotatable bonds is 2. The molecule has 2 aromatic heterocycles. The molecule has 0 spiro atoms. The topological polar surface area (TPSA) is 68.0 Å². The number of carbonyl (C=O) groups excluding carboxylic acids is 1. The first-order chi connectivity index (χ1) is 9.22. The third kappa shape index (κ3) is 2.30. The molecule has 0 aliphatic carbocycles. The maximum Gasteiger partial charge on any atom is 0.255 e. The predicted octanol–water partition coefficient (Wildman–Crippen LogP) is 2.78. The molecule has 0 fully saturated rings. The van der Waals surface area contributed by atoms with E-state index in [4.69, 9.17) is 4.42 Å². The van der Waals surface area contributed by atoms with E-state index in [0.29, 0.717) is 28.4 Å². The molecular weight excluding hydrogens is 242 g/mol. The largest absolute Gasteiger partial charge is 0.439 e. The summed E-state index contributed by atoms with van der Waals surface area (Å²) in [4.78, 5) is 20.2. The number of amides is 1. The fraction of sp³-hybridized carbons (Fsp3) is 0.0714. The Kier molecular flexibility index (Phi) is 2.72. The third-order valence-electron chi connectivity index (χ3n) is 2.65. The summed E-state index contributed by atoms with van der Waals surface area (Å²) in [6.45, 7) is 1.75. The number of aromatic nitrogens is 2. The average Bonchev–Trinajstić information content (AvgIpc) is 2.79. The Hall–Kier alpha value is -2.69. The van der Waals surface area contributed by atoms with Gasteiger partial charge in [-0.1, -0.05) is 18.2 Å². The lowest BCUT2D eigenvalue weighted by Gasteiger charge is -2.03. The van der Waals surface area contributed by atoms with Crippen LogP contribution in [-0.4, -0.2) is 15.9 Å². The smallest absolute Gasteiger partial charge is 0.255 e. The van der Waals surface area contributed by atoms with Gasteiger partial charge in [-0.25, -0.2) is 4.98 Å². The van der Waals surface area contributed by atoms with Gasteiger partial charge in [-0.15, -0.1) is 0 Å². The Balaban J connectivity index is 1.87. The minimum absolute atomic E-state index is 0.182. The van der Waals surface area contributed by atoms with Gasteiger partial charge in [-0.3, -0.25) is 4.79 Å². The summed E-state index contributed by atoms with van der Waals surface area (Å²) in [7, 11) is 0. The molecule has 0 aliphatic rings. The van der Waals surface area contributed by atoms with Crippen molar-refractivity contribution in [3.8, 4) is 0 Å². The normalized spacial score (nSPS) is 10.6. The Labute approximate surface area is 109 Å². The van der Waals surface area contributed by atoms with Crippen LogP contribution in [0.25, 0.3) is 11.2 Å². The Morgan fingerprint density at radius 1 is 1.26 bits per heavy atom. The van der Waals surface area contributed by atoms with Crippen LogP contribution in [0.4, 0.5) is 5.69 Å². The van der Waals surface area contributed by atoms with Crippen LogP contribution < -0.4 is 5.32 Å². The molecule has 1 aromatic carbocycles. The highest BCUT2D eigenvalue weighted by molar-refractivity contribution is 6.04. The van der Waals surface area contributed by atoms with E-state index in [1.165, 1.54) is 0 Å². The van der Waals surface area contributed by atoms with Crippen molar-refractivity contribution in [1.82, 2.24) is 9.97 Å². The molecular formula is C14H11N3O2. The summed E-state index contributed by atoms with van der Waals surface area (Å²) in [5.41, 5.74) is 2.27. The van der Waals surface area contributed by atoms with Crippen LogP contribution >= 0.6 is 0 Å². The zero-order valence-electron chi connectivity index (χ0n) is 10.3. The van der Waals surface area contributed by atoms with Crippen LogP contribution in [0, 0.1) is 6.92 Å². The van der Waals surface area contributed by atoms with Gasteiger partial charge >= 0.3 is 0 Å². The van der Waals surface area contributed by atoms with E-state index in [1.54, 1.807) is 31.3 Å². The van der Waals surface area contributed by atoms with Crippen LogP contribution in [0.15, 0.2) is 47.0 Å². The number of nitrogens with zero attached hydrogens (tertiary/aromatic N) is 2. The third-order valence-corrected chi connectivity index (χ3v) is 2.65. The summed E-state index contributed by atoms with van der Waals surface area (Å²) >= 11 is 0. The fourth-order valence-corrected chi connectivity index (χ4v) is 1.79. The Morgan fingerprint density at radius 3 is 2.84 bits per heavy atom. The van der Waals surface area contributed by atoms with Crippen LogP contribution in [0.5, 0.6) is 0 Å². The highest BCUT2D eigenvalue weighted by Crippen LogP contribution is 2.17. The molecule has 0 atom stereocenters. The van der Waals surface area contributed by atoms with E-state index in [-0.39, 0.29) is 5.91 Å². The monoisotopic (exact) mass is 253 g/mol. The molecule has 94 valence electrons. The van der Waals surface area contributed by atoms with Crippen LogP contribution in [-0.2, 0) is 0 Å². The van der Waals surface area contributed by atoms with E-state index in [2.05, 4.69) is 15.3 Å². The summed E-state index contributed by atoms with van der Waals surface area (Å²) in [6.07, 6.45) is 1.56. The fourth-order valence-electron chi connectivity index (χ4n) is 1.79. The van der Waals surface area contributed by atoms with Crippen molar-refractivity contribution in [2.45, 2.75) is 6.92 Å². The standard InChI is InChI=1S/C14H11N3O2/c1-9-16-13-12(19-9)7-11(8-15-13)17-14(18)10-5-3-2-4-6-10/h2-8H,1H3,(H,17,18). The maximum atomic E-state index is 12.0. The number of oxazole rings is 1. The maximum absolute atomic E-state index is 12.0. The Morgan fingerprint density at radius 2 is 2.05 bits per heavy atom. The molecule has 0 aliphatic heterocycles. The molecule has 3 rings (SSSR count). The van der Waals surface area contributed by atoms with Crippen LogP contribution in [0.1, 0.15) is 16.2 Å². The number of anilines is 1. The van der Waals surface area contributed by atoms with Gasteiger partial charge in [0.1, 0.15) is 0 Å². The van der Waals surface area contributed by atoms with E-state index in [1.807, 2.05) is 18.2 Å². The second-order valence-corrected chi connectivity index (χ2v) is 4.10. The zero-order valence-corrected chi connectivity index (χ0v) is 10.3. The van der Waals surface area contributed by atoms with Crippen molar-refractivity contribution < 1.29 is 9.21 Å². The van der Waals surface area contributed by atoms with Gasteiger partial charge in [0, 0.05) is 18.6 Å². The summed E-state index contributed by atoms with van der Waals surface area (Å²) in [6, 6.07) is 10.7. The summed E-state index contributed by atoms with van der Waals surface area (Å²) in [5, 5.41) is 2.77. The quantitative estimate of drug-likeness (QED) is 0.762. The van der Waals surface area contributed by atoms with E-state index >= 15 is 0 Å². The number of hydrogen-bond acceptors (Lipinski definition) is 4. The molecule has 5 heteroatoms. The van der Waals surface area contributed by atoms with E-state index in [0.717, 1.165) is 0 Å². The number of hydrogen-bond donors (Lipinski definition) is 1. The number of fused-ring (bicyclic) bond motifs is 1. The van der Waals surface area contributed by atoms with Gasteiger partial charge in [-0.2, -0.15) is 4.98 Å². The van der Waals surface area contributed by atoms with Gasteiger partial charge in [0.2, 0.25) is 0 Å². The highest BCUT2D eigenvalue weighted by Gasteiger charge is 2.08. The highest BCUT2D eigenvalue weighted by atomic mass is 16.3. The van der Waals surface area contributed by atoms with Crippen LogP contribution in [0.2, 0.25) is 0 Å². The van der Waals surface area contributed by atoms with Gasteiger partial charge in [0.05, 0.1) is 11.9 Å². The number of benzene rings is 1. The van der Waals surface area contributed by atoms with Gasteiger partial charge in [-0.05, 0) is 12.1 Å². The van der Waals surface area contributed by atoms with Crippen molar-refractivity contribution in [2.24, 2.45) is 0 Å². The molecule has 0 unspecified atom stereocenters. The van der Waals surface area contributed by atoms with Crippen molar-refractivity contribution in [1.29, 1.82) is 0 Å². The number of aryl methyl sites for hydroxylation is 1. The Bertz CT molecular complexity index is 735. The van der Waals surface area contributed by atoms with Crippen molar-refractivity contribution in [3.05, 3.63) is 54.0 Å². The number of nitrogens with one attached hydrogen (secondary N) is 1. The van der Waals surface area contributed by atoms with Gasteiger partial charge in [0.15, 0.2) is 17.1 Å². The van der Waals surface area contributed by atoms with Crippen molar-refractivity contribution in [3.63, 3.8) is 0 Å². The molecule has 19 heavy (non-hydrogen) atoms. The molecule has 2 heterocycles. The molecule has 3 aromatic rings. The molecule has 5 nitrogen and oxygen atoms in total. The minimum Gasteiger partial charge on any atom is -0.439 e. The lowest BCUT2D eigenvalue weighted by atomic mass is 10.2. The second kappa shape index (κ2) is 4.53. The van der Waals surface area contributed by atoms with Gasteiger partial charge < -0.3 is 9.73 Å². The van der Waals surface area contributed by atoms with Gasteiger partial charge in [0.25, 0.3) is 5.91 Å². The van der Waals surface area contributed by atoms with Crippen molar-refractivity contribution >= 4 is 22.8 Å². The lowest BCUT2D eigenvalue weighted by Crippen LogP contribution is -2.11. The molecule has 0 saturated heterocycles. The molecule has 1 N–H and O–H groups in total. The molecule has 0 saturated carbocycles. The van der Waals surface area contributed by atoms with Crippen molar-refractivity contribution in [2.75, 3.05) is 5.32 Å². The first-order valence-corrected chi connectivity index (χ1v) is 5.82. The summed E-state index contributed by atoms with van der Waals surface area (Å²) in [5.74, 6) is 0.368. The zero-order chi connectivity index (χ0) is 13.2. The molecule has 1 amide bonds. The number of pyridine rings is 1. The SMILES string of the molecule is Cc1nc2ncc(NC(=O)c3ccccc3)cc2o1. The van der Waals surface area contributed by atoms with E-state index < -0.39 is 0 Å². The first-order valence-electron chi connectivity index (χ1n) is 5.82. The molecule has 0 radical (unpaired) electrons.